The van der Waals surface area contributed by atoms with Gasteiger partial charge in [0.25, 0.3) is 5.92 Å². The number of nitrogens with zero attached hydrogens (tertiary/aromatic N) is 1. The molecule has 1 aromatic heterocycles. The van der Waals surface area contributed by atoms with Gasteiger partial charge in [0, 0.05) is 30.7 Å². The first-order valence-electron chi connectivity index (χ1n) is 5.66. The van der Waals surface area contributed by atoms with Crippen LogP contribution in [0.2, 0.25) is 0 Å². The lowest BCUT2D eigenvalue weighted by atomic mass is 9.64. The summed E-state index contributed by atoms with van der Waals surface area (Å²) in [7, 11) is 0. The first kappa shape index (κ1) is 11.5. The van der Waals surface area contributed by atoms with E-state index in [9.17, 15) is 8.78 Å². The molecular formula is C13H17F2N. The molecule has 0 saturated heterocycles. The van der Waals surface area contributed by atoms with E-state index in [-0.39, 0.29) is 18.8 Å². The minimum Gasteiger partial charge on any atom is -0.264 e. The van der Waals surface area contributed by atoms with E-state index in [4.69, 9.17) is 0 Å². The molecule has 16 heavy (non-hydrogen) atoms. The molecule has 0 radical (unpaired) electrons. The summed E-state index contributed by atoms with van der Waals surface area (Å²) in [5.74, 6) is -2.41. The van der Waals surface area contributed by atoms with Crippen molar-refractivity contribution in [3.8, 4) is 0 Å². The molecule has 1 nitrogen and oxygen atoms in total. The molecule has 88 valence electrons. The van der Waals surface area contributed by atoms with Crippen LogP contribution in [0.3, 0.4) is 0 Å². The second-order valence-electron chi connectivity index (χ2n) is 5.31. The molecule has 0 N–H and O–H groups in total. The van der Waals surface area contributed by atoms with E-state index in [2.05, 4.69) is 4.98 Å². The van der Waals surface area contributed by atoms with Gasteiger partial charge in [-0.05, 0) is 23.1 Å². The van der Waals surface area contributed by atoms with Gasteiger partial charge in [-0.15, -0.1) is 0 Å². The van der Waals surface area contributed by atoms with Crippen molar-refractivity contribution in [1.29, 1.82) is 0 Å². The molecule has 1 unspecified atom stereocenters. The van der Waals surface area contributed by atoms with Crippen LogP contribution in [-0.2, 0) is 11.8 Å². The minimum atomic E-state index is -2.59. The lowest BCUT2D eigenvalue weighted by molar-refractivity contribution is -0.0435. The second-order valence-corrected chi connectivity index (χ2v) is 5.31. The Morgan fingerprint density at radius 1 is 1.38 bits per heavy atom. The maximum atomic E-state index is 13.7. The minimum absolute atomic E-state index is 0.0731. The highest BCUT2D eigenvalue weighted by Crippen LogP contribution is 2.47. The van der Waals surface area contributed by atoms with E-state index < -0.39 is 11.3 Å². The first-order chi connectivity index (χ1) is 7.35. The third-order valence-electron chi connectivity index (χ3n) is 3.88. The lowest BCUT2D eigenvalue weighted by Crippen LogP contribution is -2.42. The molecule has 1 aliphatic rings. The SMILES string of the molecule is CC(C)C1(C)CC(F)(F)Cc2ccncc21. The number of halogens is 2. The maximum absolute atomic E-state index is 13.7. The standard InChI is InChI=1S/C13H17F2N/c1-9(2)12(3)8-13(14,15)6-10-4-5-16-7-11(10)12/h4-5,7,9H,6,8H2,1-3H3. The van der Waals surface area contributed by atoms with Gasteiger partial charge in [-0.25, -0.2) is 8.78 Å². The summed E-state index contributed by atoms with van der Waals surface area (Å²) in [6.45, 7) is 5.92. The Bertz CT molecular complexity index is 401. The fourth-order valence-electron chi connectivity index (χ4n) is 2.58. The number of aromatic nitrogens is 1. The zero-order valence-corrected chi connectivity index (χ0v) is 9.93. The van der Waals surface area contributed by atoms with Crippen molar-refractivity contribution < 1.29 is 8.78 Å². The predicted octanol–water partition coefficient (Wildman–Crippen LogP) is 3.58. The Labute approximate surface area is 94.9 Å². The molecule has 0 bridgehead atoms. The normalized spacial score (nSPS) is 27.9. The zero-order valence-electron chi connectivity index (χ0n) is 9.93. The maximum Gasteiger partial charge on any atom is 0.253 e. The molecule has 1 heterocycles. The molecule has 0 spiro atoms. The summed E-state index contributed by atoms with van der Waals surface area (Å²) in [6.07, 6.45) is 3.13. The largest absolute Gasteiger partial charge is 0.264 e. The summed E-state index contributed by atoms with van der Waals surface area (Å²) in [4.78, 5) is 4.08. The van der Waals surface area contributed by atoms with Crippen molar-refractivity contribution in [2.24, 2.45) is 5.92 Å². The molecule has 0 amide bonds. The number of rotatable bonds is 1. The zero-order chi connectivity index (χ0) is 12.0. The van der Waals surface area contributed by atoms with Gasteiger partial charge < -0.3 is 0 Å². The molecule has 1 aromatic rings. The quantitative estimate of drug-likeness (QED) is 0.712. The number of alkyl halides is 2. The van der Waals surface area contributed by atoms with E-state index in [0.29, 0.717) is 0 Å². The predicted molar refractivity (Wildman–Crippen MR) is 59.7 cm³/mol. The highest BCUT2D eigenvalue weighted by Gasteiger charge is 2.47. The highest BCUT2D eigenvalue weighted by atomic mass is 19.3. The summed E-state index contributed by atoms with van der Waals surface area (Å²) in [5, 5.41) is 0. The Hall–Kier alpha value is -0.990. The van der Waals surface area contributed by atoms with E-state index in [1.165, 1.54) is 0 Å². The Balaban J connectivity index is 2.56. The molecule has 0 aliphatic heterocycles. The molecule has 1 atom stereocenters. The van der Waals surface area contributed by atoms with E-state index in [1.807, 2.05) is 20.8 Å². The van der Waals surface area contributed by atoms with Crippen LogP contribution >= 0.6 is 0 Å². The van der Waals surface area contributed by atoms with Crippen molar-refractivity contribution in [1.82, 2.24) is 4.98 Å². The Morgan fingerprint density at radius 3 is 2.69 bits per heavy atom. The van der Waals surface area contributed by atoms with Gasteiger partial charge in [-0.3, -0.25) is 4.98 Å². The highest BCUT2D eigenvalue weighted by molar-refractivity contribution is 5.36. The van der Waals surface area contributed by atoms with Crippen LogP contribution in [0.15, 0.2) is 18.5 Å². The molecule has 0 saturated carbocycles. The Morgan fingerprint density at radius 2 is 2.06 bits per heavy atom. The monoisotopic (exact) mass is 225 g/mol. The molecule has 3 heteroatoms. The van der Waals surface area contributed by atoms with Gasteiger partial charge in [-0.2, -0.15) is 0 Å². The van der Waals surface area contributed by atoms with Gasteiger partial charge in [0.05, 0.1) is 0 Å². The van der Waals surface area contributed by atoms with Gasteiger partial charge in [0.2, 0.25) is 0 Å². The topological polar surface area (TPSA) is 12.9 Å². The number of fused-ring (bicyclic) bond motifs is 1. The van der Waals surface area contributed by atoms with Crippen molar-refractivity contribution >= 4 is 0 Å². The average molecular weight is 225 g/mol. The van der Waals surface area contributed by atoms with E-state index in [1.54, 1.807) is 18.5 Å². The van der Waals surface area contributed by atoms with Gasteiger partial charge >= 0.3 is 0 Å². The third kappa shape index (κ3) is 1.72. The van der Waals surface area contributed by atoms with Gasteiger partial charge in [0.1, 0.15) is 0 Å². The molecule has 2 rings (SSSR count). The molecule has 0 fully saturated rings. The van der Waals surface area contributed by atoms with Crippen LogP contribution in [0.25, 0.3) is 0 Å². The van der Waals surface area contributed by atoms with Gasteiger partial charge in [0.15, 0.2) is 0 Å². The van der Waals surface area contributed by atoms with E-state index in [0.717, 1.165) is 11.1 Å². The van der Waals surface area contributed by atoms with Crippen molar-refractivity contribution in [3.05, 3.63) is 29.6 Å². The third-order valence-corrected chi connectivity index (χ3v) is 3.88. The van der Waals surface area contributed by atoms with Crippen molar-refractivity contribution in [2.75, 3.05) is 0 Å². The molecular weight excluding hydrogens is 208 g/mol. The molecule has 1 aliphatic carbocycles. The smallest absolute Gasteiger partial charge is 0.253 e. The van der Waals surface area contributed by atoms with Crippen LogP contribution in [0.5, 0.6) is 0 Å². The Kier molecular flexibility index (Phi) is 2.52. The fraction of sp³-hybridized carbons (Fsp3) is 0.615. The summed E-state index contributed by atoms with van der Waals surface area (Å²) < 4.78 is 27.4. The number of pyridine rings is 1. The second kappa shape index (κ2) is 3.51. The van der Waals surface area contributed by atoms with Crippen molar-refractivity contribution in [2.45, 2.75) is 45.0 Å². The summed E-state index contributed by atoms with van der Waals surface area (Å²) in [5.41, 5.74) is 1.28. The number of hydrogen-bond donors (Lipinski definition) is 0. The lowest BCUT2D eigenvalue weighted by Gasteiger charge is -2.42. The van der Waals surface area contributed by atoms with Crippen LogP contribution in [-0.4, -0.2) is 10.9 Å². The van der Waals surface area contributed by atoms with Gasteiger partial charge in [-0.1, -0.05) is 20.8 Å². The van der Waals surface area contributed by atoms with Crippen molar-refractivity contribution in [3.63, 3.8) is 0 Å². The van der Waals surface area contributed by atoms with Crippen LogP contribution in [0, 0.1) is 5.92 Å². The summed E-state index contributed by atoms with van der Waals surface area (Å²) >= 11 is 0. The average Bonchev–Trinajstić information content (AvgIpc) is 2.15. The summed E-state index contributed by atoms with van der Waals surface area (Å²) in [6, 6.07) is 1.73. The van der Waals surface area contributed by atoms with Crippen LogP contribution in [0.4, 0.5) is 8.78 Å². The fourth-order valence-corrected chi connectivity index (χ4v) is 2.58. The molecule has 0 aromatic carbocycles. The van der Waals surface area contributed by atoms with Crippen LogP contribution in [0.1, 0.15) is 38.3 Å². The van der Waals surface area contributed by atoms with Crippen LogP contribution < -0.4 is 0 Å². The number of hydrogen-bond acceptors (Lipinski definition) is 1. The first-order valence-corrected chi connectivity index (χ1v) is 5.66. The van der Waals surface area contributed by atoms with E-state index >= 15 is 0 Å².